The number of aliphatic hydroxyl groups is 1. The number of fused-ring (bicyclic) bond motifs is 4. The van der Waals surface area contributed by atoms with Gasteiger partial charge in [0.2, 0.25) is 23.6 Å². The van der Waals surface area contributed by atoms with Crippen molar-refractivity contribution >= 4 is 77.0 Å². The normalized spacial score (nSPS) is 16.8. The van der Waals surface area contributed by atoms with Crippen molar-refractivity contribution in [1.82, 2.24) is 31.1 Å². The van der Waals surface area contributed by atoms with E-state index in [1.54, 1.807) is 41.8 Å². The van der Waals surface area contributed by atoms with Crippen LogP contribution in [0.25, 0.3) is 0 Å². The molecule has 0 aliphatic carbocycles. The molecule has 2 fully saturated rings. The van der Waals surface area contributed by atoms with Crippen molar-refractivity contribution in [2.75, 3.05) is 79.8 Å². The number of benzene rings is 4. The van der Waals surface area contributed by atoms with Gasteiger partial charge in [-0.2, -0.15) is 0 Å². The molecule has 482 valence electrons. The van der Waals surface area contributed by atoms with Gasteiger partial charge in [0, 0.05) is 65.4 Å². The SMILES string of the molecule is CNC(=O)CCCOc1cc([N+](=O)[O-])c(C(C)NC(=O)CCOc2cc3c(cc2C=O)C(=O)N2CCC[C@H]2C=N3)cc1OC.CNC(=O)CCCOc1cc([N+](=O)[O-])c(C(C)NC(=O)CCOc2cc3c(cc2C=O)C(=O)N2CCC[C@H]2[C@H](O)N3C)cc1OC. The highest BCUT2D eigenvalue weighted by Gasteiger charge is 2.42. The number of anilines is 1. The molecule has 2 unspecified atom stereocenters. The number of likely N-dealkylation sites (N-methyl/N-ethyl adjacent to an activating group) is 1. The number of carbonyl (C=O) groups is 8. The number of nitrogens with one attached hydrogen (secondary N) is 4. The number of amides is 6. The summed E-state index contributed by atoms with van der Waals surface area (Å²) in [4.78, 5) is 130. The van der Waals surface area contributed by atoms with E-state index in [4.69, 9.17) is 28.4 Å². The van der Waals surface area contributed by atoms with Crippen LogP contribution in [0, 0.1) is 20.2 Å². The van der Waals surface area contributed by atoms with Crippen LogP contribution in [0.4, 0.5) is 22.7 Å². The monoisotopic (exact) mass is 1250 g/mol. The Hall–Kier alpha value is -9.93. The van der Waals surface area contributed by atoms with Gasteiger partial charge in [0.1, 0.15) is 17.7 Å². The Morgan fingerprint density at radius 2 is 1.10 bits per heavy atom. The summed E-state index contributed by atoms with van der Waals surface area (Å²) in [5.41, 5.74) is 1.53. The lowest BCUT2D eigenvalue weighted by molar-refractivity contribution is -0.386. The predicted molar refractivity (Wildman–Crippen MR) is 325 cm³/mol. The molecule has 0 aromatic heterocycles. The van der Waals surface area contributed by atoms with Crippen LogP contribution in [0.5, 0.6) is 34.5 Å². The molecule has 29 heteroatoms. The van der Waals surface area contributed by atoms with E-state index in [1.807, 2.05) is 0 Å². The summed E-state index contributed by atoms with van der Waals surface area (Å²) in [6, 6.07) is 9.25. The first-order valence-corrected chi connectivity index (χ1v) is 29.2. The van der Waals surface area contributed by atoms with E-state index in [0.29, 0.717) is 61.9 Å². The molecule has 29 nitrogen and oxygen atoms in total. The topological polar surface area (TPSA) is 369 Å². The number of carbonyl (C=O) groups excluding carboxylic acids is 8. The molecule has 4 aliphatic rings. The fraction of sp³-hybridized carbons (Fsp3) is 0.459. The summed E-state index contributed by atoms with van der Waals surface area (Å²) in [6.07, 6.45) is 6.10. The lowest BCUT2D eigenvalue weighted by Crippen LogP contribution is -2.47. The van der Waals surface area contributed by atoms with Crippen molar-refractivity contribution < 1.29 is 81.7 Å². The van der Waals surface area contributed by atoms with Gasteiger partial charge in [0.25, 0.3) is 23.2 Å². The van der Waals surface area contributed by atoms with E-state index in [0.717, 1.165) is 19.3 Å². The van der Waals surface area contributed by atoms with E-state index >= 15 is 0 Å². The second kappa shape index (κ2) is 31.3. The minimum absolute atomic E-state index is 0.0792. The Kier molecular flexibility index (Phi) is 23.5. The first-order valence-electron chi connectivity index (χ1n) is 29.2. The van der Waals surface area contributed by atoms with Gasteiger partial charge in [-0.3, -0.25) is 63.6 Å². The number of rotatable bonds is 28. The van der Waals surface area contributed by atoms with Crippen molar-refractivity contribution in [3.05, 3.63) is 102 Å². The van der Waals surface area contributed by atoms with E-state index in [2.05, 4.69) is 26.3 Å². The van der Waals surface area contributed by atoms with Crippen molar-refractivity contribution in [2.24, 2.45) is 4.99 Å². The highest BCUT2D eigenvalue weighted by Crippen LogP contribution is 2.41. The van der Waals surface area contributed by atoms with Crippen LogP contribution < -0.4 is 54.6 Å². The number of aldehydes is 2. The predicted octanol–water partition coefficient (Wildman–Crippen LogP) is 5.63. The molecule has 90 heavy (non-hydrogen) atoms. The lowest BCUT2D eigenvalue weighted by Gasteiger charge is -2.31. The van der Waals surface area contributed by atoms with Crippen LogP contribution in [-0.4, -0.2) is 172 Å². The Labute approximate surface area is 518 Å². The summed E-state index contributed by atoms with van der Waals surface area (Å²) in [7, 11) is 7.50. The second-order valence-corrected chi connectivity index (χ2v) is 21.4. The first kappa shape index (κ1) is 67.6. The number of hydrogen-bond donors (Lipinski definition) is 5. The Morgan fingerprint density at radius 3 is 1.59 bits per heavy atom. The van der Waals surface area contributed by atoms with Crippen molar-refractivity contribution in [3.8, 4) is 34.5 Å². The Bertz CT molecular complexity index is 3410. The van der Waals surface area contributed by atoms with Crippen LogP contribution in [0.15, 0.2) is 53.5 Å². The molecule has 8 rings (SSSR count). The van der Waals surface area contributed by atoms with Crippen LogP contribution in [0.3, 0.4) is 0 Å². The third-order valence-corrected chi connectivity index (χ3v) is 15.6. The van der Waals surface area contributed by atoms with Gasteiger partial charge in [-0.15, -0.1) is 0 Å². The van der Waals surface area contributed by atoms with Gasteiger partial charge in [-0.05, 0) is 76.6 Å². The number of hydrogen-bond acceptors (Lipinski definition) is 21. The molecule has 5 atom stereocenters. The van der Waals surface area contributed by atoms with E-state index in [1.165, 1.54) is 76.8 Å². The Morgan fingerprint density at radius 1 is 0.633 bits per heavy atom. The fourth-order valence-corrected chi connectivity index (χ4v) is 10.8. The highest BCUT2D eigenvalue weighted by atomic mass is 16.6. The minimum Gasteiger partial charge on any atom is -0.493 e. The largest absolute Gasteiger partial charge is 0.493 e. The molecule has 0 spiro atoms. The van der Waals surface area contributed by atoms with E-state index in [-0.39, 0.29) is 162 Å². The molecule has 5 N–H and O–H groups in total. The fourth-order valence-electron chi connectivity index (χ4n) is 10.8. The molecule has 0 bridgehead atoms. The van der Waals surface area contributed by atoms with Crippen molar-refractivity contribution in [2.45, 2.75) is 108 Å². The van der Waals surface area contributed by atoms with Crippen molar-refractivity contribution in [1.29, 1.82) is 0 Å². The quantitative estimate of drug-likeness (QED) is 0.0199. The summed E-state index contributed by atoms with van der Waals surface area (Å²) in [5.74, 6) is -0.596. The zero-order valence-electron chi connectivity index (χ0n) is 51.0. The summed E-state index contributed by atoms with van der Waals surface area (Å²) < 4.78 is 33.6. The summed E-state index contributed by atoms with van der Waals surface area (Å²) in [5, 5.41) is 45.2. The maximum Gasteiger partial charge on any atom is 0.278 e. The van der Waals surface area contributed by atoms with Gasteiger partial charge < -0.3 is 69.5 Å². The molecular weight excluding hydrogens is 1180 g/mol. The number of nitrogens with zero attached hydrogens (tertiary/aromatic N) is 6. The first-order chi connectivity index (χ1) is 43.2. The molecule has 6 amide bonds. The molecule has 0 radical (unpaired) electrons. The maximum absolute atomic E-state index is 13.2. The second-order valence-electron chi connectivity index (χ2n) is 21.4. The molecular formula is C61H74N10O19. The number of nitro benzene ring substituents is 2. The minimum atomic E-state index is -0.938. The number of nitro groups is 2. The Balaban J connectivity index is 0.000000256. The highest BCUT2D eigenvalue weighted by molar-refractivity contribution is 6.05. The third-order valence-electron chi connectivity index (χ3n) is 15.6. The number of aliphatic hydroxyl groups excluding tert-OH is 1. The molecule has 2 saturated heterocycles. The lowest BCUT2D eigenvalue weighted by atomic mass is 10.0. The van der Waals surface area contributed by atoms with Crippen LogP contribution in [0.1, 0.15) is 143 Å². The molecule has 4 aromatic rings. The van der Waals surface area contributed by atoms with Gasteiger partial charge in [0.05, 0.1) is 144 Å². The average Bonchev–Trinajstić information content (AvgIpc) is 1.72. The summed E-state index contributed by atoms with van der Waals surface area (Å²) >= 11 is 0. The van der Waals surface area contributed by atoms with Crippen LogP contribution in [-0.2, 0) is 19.2 Å². The third kappa shape index (κ3) is 16.2. The van der Waals surface area contributed by atoms with E-state index in [9.17, 15) is 63.7 Å². The zero-order chi connectivity index (χ0) is 65.3. The van der Waals surface area contributed by atoms with Crippen LogP contribution >= 0.6 is 0 Å². The van der Waals surface area contributed by atoms with Gasteiger partial charge >= 0.3 is 0 Å². The van der Waals surface area contributed by atoms with Gasteiger partial charge in [-0.25, -0.2) is 0 Å². The summed E-state index contributed by atoms with van der Waals surface area (Å²) in [6.45, 7) is 4.38. The van der Waals surface area contributed by atoms with Crippen LogP contribution in [0.2, 0.25) is 0 Å². The van der Waals surface area contributed by atoms with Gasteiger partial charge in [-0.1, -0.05) is 0 Å². The van der Waals surface area contributed by atoms with Gasteiger partial charge in [0.15, 0.2) is 35.6 Å². The zero-order valence-corrected chi connectivity index (χ0v) is 51.0. The molecule has 4 heterocycles. The molecule has 0 saturated carbocycles. The number of aliphatic imine (C=N–C) groups is 1. The number of ether oxygens (including phenoxy) is 6. The van der Waals surface area contributed by atoms with Crippen molar-refractivity contribution in [3.63, 3.8) is 0 Å². The average molecular weight is 1250 g/mol. The number of methoxy groups -OCH3 is 2. The molecule has 4 aliphatic heterocycles. The maximum atomic E-state index is 13.2. The molecule has 4 aromatic carbocycles. The van der Waals surface area contributed by atoms with E-state index < -0.39 is 40.0 Å². The smallest absolute Gasteiger partial charge is 0.278 e. The standard InChI is InChI=1S/C31H39N5O10.C30H35N5O9/c1-18(20-14-26(44-4)27(16-24(20)36(42)43)45-11-6-8-28(38)32-2)33-29(39)9-12-46-25-15-23-21(13-19(25)17-37)30(40)35-10-5-7-22(35)31(41)34(23)3;1-18(21-13-26(42-3)27(15-24(21)35(40)41)43-10-5-7-28(37)31-2)33-29(38)8-11-44-25-14-23-22(12-19(25)17-36)30(39)34-9-4-6-20(34)16-32-23/h13-18,22,31,41H,5-12H2,1-4H3,(H,32,38)(H,33,39);12-18,20H,4-11H2,1-3H3,(H,31,37)(H,33,38)/t18?,22-,31-;18?,20-/m00/s1.